The van der Waals surface area contributed by atoms with E-state index in [0.717, 1.165) is 9.65 Å². The normalized spacial score (nSPS) is 11.4. The molecule has 23 heavy (non-hydrogen) atoms. The van der Waals surface area contributed by atoms with Crippen LogP contribution < -0.4 is 11.3 Å². The van der Waals surface area contributed by atoms with Crippen LogP contribution in [-0.2, 0) is 0 Å². The van der Waals surface area contributed by atoms with E-state index in [1.807, 2.05) is 30.3 Å². The van der Waals surface area contributed by atoms with Crippen molar-refractivity contribution in [2.75, 3.05) is 5.73 Å². The largest absolute Gasteiger partial charge is 0.454 e. The number of hydrogen-bond acceptors (Lipinski definition) is 3. The van der Waals surface area contributed by atoms with Gasteiger partial charge in [0.25, 0.3) is 5.56 Å². The van der Waals surface area contributed by atoms with Crippen molar-refractivity contribution in [1.29, 1.82) is 0 Å². The molecule has 114 valence electrons. The summed E-state index contributed by atoms with van der Waals surface area (Å²) in [4.78, 5) is 12.4. The molecule has 4 aromatic rings. The van der Waals surface area contributed by atoms with Gasteiger partial charge < -0.3 is 10.2 Å². The maximum Gasteiger partial charge on any atom is 0.289 e. The second-order valence-corrected chi connectivity index (χ2v) is 5.94. The zero-order valence-corrected chi connectivity index (χ0v) is 13.2. The summed E-state index contributed by atoms with van der Waals surface area (Å²) in [7, 11) is 0. The zero-order valence-electron chi connectivity index (χ0n) is 11.7. The van der Waals surface area contributed by atoms with Crippen LogP contribution in [0.3, 0.4) is 0 Å². The Hall–Kier alpha value is -2.43. The molecule has 0 saturated heterocycles. The molecule has 2 aromatic carbocycles. The van der Waals surface area contributed by atoms with Gasteiger partial charge in [-0.1, -0.05) is 41.9 Å². The molecule has 0 spiro atoms. The number of rotatable bonds is 1. The Morgan fingerprint density at radius 2 is 1.83 bits per heavy atom. The Morgan fingerprint density at radius 1 is 1.09 bits per heavy atom. The Bertz CT molecular complexity index is 1110. The lowest BCUT2D eigenvalue weighted by molar-refractivity contribution is 0.669. The molecule has 2 aromatic heterocycles. The van der Waals surface area contributed by atoms with E-state index < -0.39 is 5.56 Å². The molecule has 0 aliphatic heterocycles. The minimum Gasteiger partial charge on any atom is -0.454 e. The van der Waals surface area contributed by atoms with Crippen molar-refractivity contribution in [3.05, 3.63) is 63.9 Å². The van der Waals surface area contributed by atoms with Crippen LogP contribution in [-0.4, -0.2) is 4.09 Å². The first-order valence-corrected chi connectivity index (χ1v) is 7.57. The summed E-state index contributed by atoms with van der Waals surface area (Å²) in [6.45, 7) is 0. The molecule has 4 rings (SSSR count). The van der Waals surface area contributed by atoms with Crippen molar-refractivity contribution in [1.82, 2.24) is 4.09 Å². The lowest BCUT2D eigenvalue weighted by Gasteiger charge is -2.08. The van der Waals surface area contributed by atoms with E-state index >= 15 is 0 Å². The third-order valence-electron chi connectivity index (χ3n) is 3.79. The van der Waals surface area contributed by atoms with Gasteiger partial charge in [0.1, 0.15) is 16.8 Å². The second-order valence-electron chi connectivity index (χ2n) is 5.16. The lowest BCUT2D eigenvalue weighted by Crippen LogP contribution is -2.18. The smallest absolute Gasteiger partial charge is 0.289 e. The standard InChI is InChI=1S/C17H10Cl2N2O2/c18-10-6-7-12-11(8-10)15-16(23-12)13(9-4-2-1-3-5-9)14(20)17(22)21(15)19/h1-8H,20H2. The molecule has 0 radical (unpaired) electrons. The van der Waals surface area contributed by atoms with Gasteiger partial charge in [-0.05, 0) is 23.8 Å². The summed E-state index contributed by atoms with van der Waals surface area (Å²) in [5.41, 5.74) is 8.42. The molecular formula is C17H10Cl2N2O2. The highest BCUT2D eigenvalue weighted by molar-refractivity contribution is 6.32. The van der Waals surface area contributed by atoms with Gasteiger partial charge in [-0.15, -0.1) is 0 Å². The third-order valence-corrected chi connectivity index (χ3v) is 4.35. The number of aromatic nitrogens is 1. The SMILES string of the molecule is Nc1c(-c2ccccc2)c2oc3ccc(Cl)cc3c2n(Cl)c1=O. The predicted octanol–water partition coefficient (Wildman–Crippen LogP) is 4.65. The molecular weight excluding hydrogens is 335 g/mol. The lowest BCUT2D eigenvalue weighted by atomic mass is 10.0. The van der Waals surface area contributed by atoms with Crippen molar-refractivity contribution in [2.24, 2.45) is 0 Å². The number of furan rings is 1. The average molecular weight is 345 g/mol. The van der Waals surface area contributed by atoms with E-state index in [0.29, 0.717) is 32.7 Å². The molecule has 0 bridgehead atoms. The summed E-state index contributed by atoms with van der Waals surface area (Å²) in [6.07, 6.45) is 0. The van der Waals surface area contributed by atoms with Crippen molar-refractivity contribution < 1.29 is 4.42 Å². The maximum atomic E-state index is 12.4. The summed E-state index contributed by atoms with van der Waals surface area (Å²) in [5, 5.41) is 1.19. The minimum atomic E-state index is -0.485. The van der Waals surface area contributed by atoms with E-state index in [-0.39, 0.29) is 5.69 Å². The van der Waals surface area contributed by atoms with Crippen LogP contribution in [0.4, 0.5) is 5.69 Å². The average Bonchev–Trinajstić information content (AvgIpc) is 2.92. The van der Waals surface area contributed by atoms with Gasteiger partial charge >= 0.3 is 0 Å². The number of halogens is 2. The van der Waals surface area contributed by atoms with Gasteiger partial charge in [-0.25, -0.2) is 4.09 Å². The van der Waals surface area contributed by atoms with Crippen LogP contribution in [0.25, 0.3) is 33.2 Å². The van der Waals surface area contributed by atoms with E-state index in [4.69, 9.17) is 33.5 Å². The van der Waals surface area contributed by atoms with Crippen molar-refractivity contribution in [3.8, 4) is 11.1 Å². The molecule has 6 heteroatoms. The first-order chi connectivity index (χ1) is 11.1. The van der Waals surface area contributed by atoms with Gasteiger partial charge in [0, 0.05) is 22.2 Å². The highest BCUT2D eigenvalue weighted by Crippen LogP contribution is 2.38. The fourth-order valence-corrected chi connectivity index (χ4v) is 3.18. The van der Waals surface area contributed by atoms with Gasteiger partial charge in [0.15, 0.2) is 5.58 Å². The van der Waals surface area contributed by atoms with Crippen LogP contribution in [0.15, 0.2) is 57.7 Å². The maximum absolute atomic E-state index is 12.4. The summed E-state index contributed by atoms with van der Waals surface area (Å²) >= 11 is 12.2. The number of benzene rings is 2. The monoisotopic (exact) mass is 344 g/mol. The summed E-state index contributed by atoms with van der Waals surface area (Å²) in [6, 6.07) is 14.5. The number of fused-ring (bicyclic) bond motifs is 3. The Morgan fingerprint density at radius 3 is 2.57 bits per heavy atom. The predicted molar refractivity (Wildman–Crippen MR) is 94.1 cm³/mol. The van der Waals surface area contributed by atoms with E-state index in [1.54, 1.807) is 18.2 Å². The molecule has 0 fully saturated rings. The zero-order chi connectivity index (χ0) is 16.1. The third kappa shape index (κ3) is 2.03. The van der Waals surface area contributed by atoms with E-state index in [9.17, 15) is 4.79 Å². The number of hydrogen-bond donors (Lipinski definition) is 1. The van der Waals surface area contributed by atoms with Crippen LogP contribution in [0, 0.1) is 0 Å². The molecule has 2 heterocycles. The summed E-state index contributed by atoms with van der Waals surface area (Å²) < 4.78 is 6.91. The van der Waals surface area contributed by atoms with Gasteiger partial charge in [0.05, 0.1) is 5.56 Å². The molecule has 0 unspecified atom stereocenters. The molecule has 0 aliphatic rings. The van der Waals surface area contributed by atoms with Crippen molar-refractivity contribution >= 4 is 51.1 Å². The van der Waals surface area contributed by atoms with Crippen LogP contribution in [0.2, 0.25) is 5.02 Å². The number of anilines is 1. The number of nitrogens with two attached hydrogens (primary N) is 1. The number of pyridine rings is 1. The molecule has 0 saturated carbocycles. The van der Waals surface area contributed by atoms with Gasteiger partial charge in [-0.3, -0.25) is 4.79 Å². The Kier molecular flexibility index (Phi) is 3.11. The fourth-order valence-electron chi connectivity index (χ4n) is 2.75. The Balaban J connectivity index is 2.27. The number of nitrogens with zero attached hydrogens (tertiary/aromatic N) is 1. The molecule has 4 nitrogen and oxygen atoms in total. The summed E-state index contributed by atoms with van der Waals surface area (Å²) in [5.74, 6) is 0. The molecule has 0 amide bonds. The van der Waals surface area contributed by atoms with E-state index in [1.165, 1.54) is 0 Å². The second kappa shape index (κ2) is 5.05. The van der Waals surface area contributed by atoms with Gasteiger partial charge in [-0.2, -0.15) is 0 Å². The van der Waals surface area contributed by atoms with Crippen LogP contribution >= 0.6 is 23.4 Å². The molecule has 0 aliphatic carbocycles. The van der Waals surface area contributed by atoms with E-state index in [2.05, 4.69) is 0 Å². The number of nitrogen functional groups attached to an aromatic ring is 1. The van der Waals surface area contributed by atoms with Gasteiger partial charge in [0.2, 0.25) is 0 Å². The minimum absolute atomic E-state index is 0.0452. The fraction of sp³-hybridized carbons (Fsp3) is 0. The van der Waals surface area contributed by atoms with Crippen LogP contribution in [0.5, 0.6) is 0 Å². The van der Waals surface area contributed by atoms with Crippen LogP contribution in [0.1, 0.15) is 0 Å². The molecule has 2 N–H and O–H groups in total. The van der Waals surface area contributed by atoms with Crippen molar-refractivity contribution in [2.45, 2.75) is 0 Å². The first-order valence-electron chi connectivity index (χ1n) is 6.85. The highest BCUT2D eigenvalue weighted by Gasteiger charge is 2.21. The quantitative estimate of drug-likeness (QED) is 0.546. The molecule has 0 atom stereocenters. The first kappa shape index (κ1) is 14.2. The highest BCUT2D eigenvalue weighted by atomic mass is 35.5. The Labute approximate surface area is 140 Å². The van der Waals surface area contributed by atoms with Crippen molar-refractivity contribution in [3.63, 3.8) is 0 Å². The topological polar surface area (TPSA) is 61.2 Å².